The van der Waals surface area contributed by atoms with Crippen molar-refractivity contribution in [1.82, 2.24) is 10.0 Å². The molecule has 0 amide bonds. The average molecular weight is 316 g/mol. The van der Waals surface area contributed by atoms with Gasteiger partial charge in [-0.25, -0.2) is 17.5 Å². The average Bonchev–Trinajstić information content (AvgIpc) is 2.89. The fourth-order valence-corrected chi connectivity index (χ4v) is 3.80. The molecule has 1 aliphatic rings. The van der Waals surface area contributed by atoms with Gasteiger partial charge in [-0.05, 0) is 37.1 Å². The van der Waals surface area contributed by atoms with Crippen molar-refractivity contribution in [3.8, 4) is 0 Å². The number of rotatable bonds is 7. The van der Waals surface area contributed by atoms with Gasteiger partial charge in [0.15, 0.2) is 0 Å². The number of nitrogens with one attached hydrogen (secondary N) is 2. The molecule has 118 valence electrons. The molecule has 0 bridgehead atoms. The Bertz CT molecular complexity index is 554. The summed E-state index contributed by atoms with van der Waals surface area (Å²) in [5.74, 6) is -0.533. The zero-order valence-corrected chi connectivity index (χ0v) is 12.9. The highest BCUT2D eigenvalue weighted by atomic mass is 32.2. The number of benzene rings is 1. The largest absolute Gasteiger partial charge is 0.383 e. The van der Waals surface area contributed by atoms with E-state index >= 15 is 0 Å². The van der Waals surface area contributed by atoms with Gasteiger partial charge in [-0.15, -0.1) is 0 Å². The molecule has 1 aromatic rings. The van der Waals surface area contributed by atoms with Gasteiger partial charge in [0.05, 0.1) is 17.9 Å². The molecule has 1 unspecified atom stereocenters. The summed E-state index contributed by atoms with van der Waals surface area (Å²) in [5, 5.41) is 3.31. The quantitative estimate of drug-likeness (QED) is 0.788. The molecular formula is C14H21FN2O3S. The van der Waals surface area contributed by atoms with Crippen LogP contribution in [0.4, 0.5) is 4.39 Å². The summed E-state index contributed by atoms with van der Waals surface area (Å²) < 4.78 is 44.9. The normalized spacial score (nSPS) is 22.6. The molecule has 1 fully saturated rings. The van der Waals surface area contributed by atoms with Crippen molar-refractivity contribution in [2.75, 3.05) is 26.8 Å². The van der Waals surface area contributed by atoms with Crippen molar-refractivity contribution < 1.29 is 17.5 Å². The van der Waals surface area contributed by atoms with Gasteiger partial charge in [-0.3, -0.25) is 0 Å². The van der Waals surface area contributed by atoms with Crippen LogP contribution in [0.5, 0.6) is 0 Å². The predicted molar refractivity (Wildman–Crippen MR) is 78.9 cm³/mol. The number of hydrogen-bond acceptors (Lipinski definition) is 4. The van der Waals surface area contributed by atoms with E-state index in [0.717, 1.165) is 19.4 Å². The Morgan fingerprint density at radius 2 is 2.10 bits per heavy atom. The Morgan fingerprint density at radius 3 is 2.67 bits per heavy atom. The summed E-state index contributed by atoms with van der Waals surface area (Å²) in [6, 6.07) is 5.48. The number of hydrogen-bond donors (Lipinski definition) is 2. The van der Waals surface area contributed by atoms with Gasteiger partial charge in [0, 0.05) is 13.7 Å². The predicted octanol–water partition coefficient (Wildman–Crippen LogP) is 1.01. The standard InChI is InChI=1S/C14H21FN2O3S/c1-20-11-14(7-2-8-16-14)10-17-21(18,19)9-12-3-5-13(15)6-4-12/h3-6,16-17H,2,7-11H2,1H3. The van der Waals surface area contributed by atoms with E-state index in [-0.39, 0.29) is 17.1 Å². The number of methoxy groups -OCH3 is 1. The molecule has 0 radical (unpaired) electrons. The molecule has 1 atom stereocenters. The van der Waals surface area contributed by atoms with Crippen LogP contribution < -0.4 is 10.0 Å². The Labute approximate surface area is 124 Å². The molecule has 2 rings (SSSR count). The van der Waals surface area contributed by atoms with Crippen molar-refractivity contribution in [3.05, 3.63) is 35.6 Å². The maximum Gasteiger partial charge on any atom is 0.215 e. The second-order valence-electron chi connectivity index (χ2n) is 5.45. The highest BCUT2D eigenvalue weighted by Gasteiger charge is 2.34. The van der Waals surface area contributed by atoms with E-state index in [1.165, 1.54) is 24.3 Å². The van der Waals surface area contributed by atoms with Crippen LogP contribution in [0.2, 0.25) is 0 Å². The maximum atomic E-state index is 12.8. The summed E-state index contributed by atoms with van der Waals surface area (Å²) in [7, 11) is -1.85. The summed E-state index contributed by atoms with van der Waals surface area (Å²) in [5.41, 5.74) is 0.231. The van der Waals surface area contributed by atoms with Gasteiger partial charge in [0.2, 0.25) is 10.0 Å². The first-order valence-electron chi connectivity index (χ1n) is 6.90. The SMILES string of the molecule is COCC1(CNS(=O)(=O)Cc2ccc(F)cc2)CCCN1. The summed E-state index contributed by atoms with van der Waals surface area (Å²) in [6.07, 6.45) is 1.88. The van der Waals surface area contributed by atoms with Crippen LogP contribution in [0.1, 0.15) is 18.4 Å². The van der Waals surface area contributed by atoms with E-state index in [0.29, 0.717) is 18.7 Å². The van der Waals surface area contributed by atoms with Crippen LogP contribution >= 0.6 is 0 Å². The van der Waals surface area contributed by atoms with Gasteiger partial charge in [-0.1, -0.05) is 12.1 Å². The van der Waals surface area contributed by atoms with Crippen molar-refractivity contribution in [3.63, 3.8) is 0 Å². The van der Waals surface area contributed by atoms with Gasteiger partial charge in [0.1, 0.15) is 5.82 Å². The molecule has 1 aromatic carbocycles. The van der Waals surface area contributed by atoms with Crippen molar-refractivity contribution in [1.29, 1.82) is 0 Å². The third-order valence-corrected chi connectivity index (χ3v) is 4.95. The topological polar surface area (TPSA) is 67.4 Å². The van der Waals surface area contributed by atoms with Gasteiger partial charge >= 0.3 is 0 Å². The lowest BCUT2D eigenvalue weighted by Crippen LogP contribution is -2.53. The third-order valence-electron chi connectivity index (χ3n) is 3.65. The minimum Gasteiger partial charge on any atom is -0.383 e. The molecule has 2 N–H and O–H groups in total. The zero-order valence-electron chi connectivity index (χ0n) is 12.1. The maximum absolute atomic E-state index is 12.8. The Morgan fingerprint density at radius 1 is 1.38 bits per heavy atom. The molecule has 1 saturated heterocycles. The van der Waals surface area contributed by atoms with Gasteiger partial charge < -0.3 is 10.1 Å². The second kappa shape index (κ2) is 6.83. The van der Waals surface area contributed by atoms with E-state index in [4.69, 9.17) is 4.74 Å². The lowest BCUT2D eigenvalue weighted by atomic mass is 9.99. The summed E-state index contributed by atoms with van der Waals surface area (Å²) in [4.78, 5) is 0. The van der Waals surface area contributed by atoms with Crippen LogP contribution in [0.15, 0.2) is 24.3 Å². The molecule has 1 heterocycles. The van der Waals surface area contributed by atoms with Gasteiger partial charge in [-0.2, -0.15) is 0 Å². The van der Waals surface area contributed by atoms with E-state index in [9.17, 15) is 12.8 Å². The van der Waals surface area contributed by atoms with Crippen molar-refractivity contribution in [2.45, 2.75) is 24.1 Å². The molecule has 21 heavy (non-hydrogen) atoms. The molecule has 5 nitrogen and oxygen atoms in total. The van der Waals surface area contributed by atoms with Crippen LogP contribution in [-0.4, -0.2) is 40.8 Å². The van der Waals surface area contributed by atoms with Crippen LogP contribution in [0.25, 0.3) is 0 Å². The number of sulfonamides is 1. The molecule has 7 heteroatoms. The summed E-state index contributed by atoms with van der Waals surface area (Å²) in [6.45, 7) is 1.62. The molecule has 1 aliphatic heterocycles. The van der Waals surface area contributed by atoms with Crippen LogP contribution in [0, 0.1) is 5.82 Å². The zero-order chi connectivity index (χ0) is 15.3. The minimum absolute atomic E-state index is 0.156. The first-order chi connectivity index (χ1) is 9.95. The molecule has 0 aromatic heterocycles. The Kier molecular flexibility index (Phi) is 5.32. The number of ether oxygens (including phenoxy) is 1. The minimum atomic E-state index is -3.46. The first-order valence-corrected chi connectivity index (χ1v) is 8.56. The van der Waals surface area contributed by atoms with Crippen LogP contribution in [-0.2, 0) is 20.5 Å². The highest BCUT2D eigenvalue weighted by molar-refractivity contribution is 7.88. The Hall–Kier alpha value is -1.02. The molecule has 0 saturated carbocycles. The van der Waals surface area contributed by atoms with Crippen molar-refractivity contribution in [2.24, 2.45) is 0 Å². The van der Waals surface area contributed by atoms with Crippen LogP contribution in [0.3, 0.4) is 0 Å². The smallest absolute Gasteiger partial charge is 0.215 e. The molecule has 0 spiro atoms. The monoisotopic (exact) mass is 316 g/mol. The fourth-order valence-electron chi connectivity index (χ4n) is 2.57. The van der Waals surface area contributed by atoms with E-state index < -0.39 is 10.0 Å². The van der Waals surface area contributed by atoms with Crippen molar-refractivity contribution >= 4 is 10.0 Å². The molecule has 0 aliphatic carbocycles. The van der Waals surface area contributed by atoms with E-state index in [2.05, 4.69) is 10.0 Å². The lowest BCUT2D eigenvalue weighted by molar-refractivity contribution is 0.122. The highest BCUT2D eigenvalue weighted by Crippen LogP contribution is 2.19. The Balaban J connectivity index is 1.95. The third kappa shape index (κ3) is 4.74. The number of halogens is 1. The summed E-state index contributed by atoms with van der Waals surface area (Å²) >= 11 is 0. The first kappa shape index (κ1) is 16.4. The fraction of sp³-hybridized carbons (Fsp3) is 0.571. The van der Waals surface area contributed by atoms with E-state index in [1.54, 1.807) is 7.11 Å². The second-order valence-corrected chi connectivity index (χ2v) is 7.26. The lowest BCUT2D eigenvalue weighted by Gasteiger charge is -2.28. The molecular weight excluding hydrogens is 295 g/mol. The van der Waals surface area contributed by atoms with Gasteiger partial charge in [0.25, 0.3) is 0 Å². The van der Waals surface area contributed by atoms with E-state index in [1.807, 2.05) is 0 Å².